The summed E-state index contributed by atoms with van der Waals surface area (Å²) in [6, 6.07) is 5.17. The molecule has 2 bridgehead atoms. The molecule has 0 aliphatic carbocycles. The van der Waals surface area contributed by atoms with Crippen molar-refractivity contribution in [1.82, 2.24) is 4.90 Å². The molecule has 2 unspecified atom stereocenters. The Labute approximate surface area is 119 Å². The number of rotatable bonds is 2. The minimum atomic E-state index is -0.976. The van der Waals surface area contributed by atoms with Gasteiger partial charge >= 0.3 is 0 Å². The van der Waals surface area contributed by atoms with Gasteiger partial charge in [0.2, 0.25) is 0 Å². The Morgan fingerprint density at radius 2 is 1.95 bits per heavy atom. The van der Waals surface area contributed by atoms with E-state index in [1.54, 1.807) is 13.2 Å². The molecule has 4 heteroatoms. The number of nitrogens with zero attached hydrogens (tertiary/aromatic N) is 1. The molecule has 2 aliphatic rings. The van der Waals surface area contributed by atoms with Gasteiger partial charge in [-0.1, -0.05) is 6.42 Å². The van der Waals surface area contributed by atoms with Gasteiger partial charge in [0.25, 0.3) is 0 Å². The number of fused-ring (bicyclic) bond motifs is 2. The maximum atomic E-state index is 13.6. The quantitative estimate of drug-likeness (QED) is 0.903. The molecule has 0 amide bonds. The van der Waals surface area contributed by atoms with Gasteiger partial charge < -0.3 is 14.7 Å². The van der Waals surface area contributed by atoms with E-state index < -0.39 is 5.60 Å². The Morgan fingerprint density at radius 1 is 1.30 bits per heavy atom. The van der Waals surface area contributed by atoms with E-state index in [-0.39, 0.29) is 5.82 Å². The Morgan fingerprint density at radius 3 is 2.55 bits per heavy atom. The van der Waals surface area contributed by atoms with Crippen LogP contribution in [0.15, 0.2) is 18.2 Å². The molecular weight excluding hydrogens is 257 g/mol. The van der Waals surface area contributed by atoms with Crippen LogP contribution in [0, 0.1) is 5.82 Å². The monoisotopic (exact) mass is 279 g/mol. The second-order valence-corrected chi connectivity index (χ2v) is 6.19. The SMILES string of the molecule is COc1ccc(F)cc1C1(O)CC2CCCC(C1)N2C. The standard InChI is InChI=1S/C16H22FNO2/c1-18-12-4-3-5-13(18)10-16(19,9-12)14-8-11(17)6-7-15(14)20-2/h6-8,12-13,19H,3-5,9-10H2,1-2H3. The highest BCUT2D eigenvalue weighted by molar-refractivity contribution is 5.39. The zero-order valence-electron chi connectivity index (χ0n) is 12.1. The van der Waals surface area contributed by atoms with Crippen LogP contribution in [-0.2, 0) is 5.60 Å². The molecule has 1 N–H and O–H groups in total. The van der Waals surface area contributed by atoms with Gasteiger partial charge in [0.05, 0.1) is 12.7 Å². The van der Waals surface area contributed by atoms with E-state index in [0.29, 0.717) is 36.2 Å². The van der Waals surface area contributed by atoms with Gasteiger partial charge in [-0.3, -0.25) is 0 Å². The van der Waals surface area contributed by atoms with Gasteiger partial charge in [-0.15, -0.1) is 0 Å². The molecule has 1 aromatic carbocycles. The summed E-state index contributed by atoms with van der Waals surface area (Å²) in [6.07, 6.45) is 4.73. The third-order valence-electron chi connectivity index (χ3n) is 5.04. The average molecular weight is 279 g/mol. The van der Waals surface area contributed by atoms with Gasteiger partial charge in [-0.05, 0) is 50.9 Å². The minimum absolute atomic E-state index is 0.321. The topological polar surface area (TPSA) is 32.7 Å². The largest absolute Gasteiger partial charge is 0.496 e. The number of piperidine rings is 2. The molecule has 3 nitrogen and oxygen atoms in total. The zero-order chi connectivity index (χ0) is 14.3. The summed E-state index contributed by atoms with van der Waals surface area (Å²) in [5, 5.41) is 11.1. The highest BCUT2D eigenvalue weighted by atomic mass is 19.1. The Hall–Kier alpha value is -1.13. The van der Waals surface area contributed by atoms with Crippen molar-refractivity contribution in [3.63, 3.8) is 0 Å². The van der Waals surface area contributed by atoms with Crippen molar-refractivity contribution < 1.29 is 14.2 Å². The fraction of sp³-hybridized carbons (Fsp3) is 0.625. The van der Waals surface area contributed by atoms with Crippen LogP contribution in [0.1, 0.15) is 37.7 Å². The van der Waals surface area contributed by atoms with Crippen LogP contribution in [0.5, 0.6) is 5.75 Å². The molecular formula is C16H22FNO2. The van der Waals surface area contributed by atoms with Gasteiger partial charge in [-0.25, -0.2) is 4.39 Å². The van der Waals surface area contributed by atoms with Crippen molar-refractivity contribution in [2.75, 3.05) is 14.2 Å². The molecule has 2 atom stereocenters. The number of aliphatic hydroxyl groups is 1. The van der Waals surface area contributed by atoms with Crippen LogP contribution in [0.3, 0.4) is 0 Å². The normalized spacial score (nSPS) is 34.0. The number of benzene rings is 1. The highest BCUT2D eigenvalue weighted by Gasteiger charge is 2.46. The molecule has 1 aromatic rings. The molecule has 20 heavy (non-hydrogen) atoms. The zero-order valence-corrected chi connectivity index (χ0v) is 12.1. The van der Waals surface area contributed by atoms with Crippen LogP contribution < -0.4 is 4.74 Å². The highest BCUT2D eigenvalue weighted by Crippen LogP contribution is 2.46. The summed E-state index contributed by atoms with van der Waals surface area (Å²) >= 11 is 0. The number of ether oxygens (including phenoxy) is 1. The minimum Gasteiger partial charge on any atom is -0.496 e. The lowest BCUT2D eigenvalue weighted by Crippen LogP contribution is -2.55. The molecule has 3 rings (SSSR count). The van der Waals surface area contributed by atoms with Crippen molar-refractivity contribution >= 4 is 0 Å². The molecule has 0 radical (unpaired) electrons. The summed E-state index contributed by atoms with van der Waals surface area (Å²) in [4.78, 5) is 2.38. The lowest BCUT2D eigenvalue weighted by molar-refractivity contribution is -0.0885. The molecule has 2 saturated heterocycles. The van der Waals surface area contributed by atoms with E-state index >= 15 is 0 Å². The van der Waals surface area contributed by atoms with Crippen molar-refractivity contribution in [3.05, 3.63) is 29.6 Å². The summed E-state index contributed by atoms with van der Waals surface area (Å²) in [5.74, 6) is 0.259. The molecule has 0 aromatic heterocycles. The van der Waals surface area contributed by atoms with Crippen molar-refractivity contribution in [2.24, 2.45) is 0 Å². The summed E-state index contributed by atoms with van der Waals surface area (Å²) in [7, 11) is 3.70. The van der Waals surface area contributed by atoms with E-state index in [0.717, 1.165) is 12.8 Å². The summed E-state index contributed by atoms with van der Waals surface area (Å²) in [5.41, 5.74) is -0.375. The number of methoxy groups -OCH3 is 1. The van der Waals surface area contributed by atoms with Gasteiger partial charge in [0.1, 0.15) is 11.6 Å². The first kappa shape index (κ1) is 13.8. The lowest BCUT2D eigenvalue weighted by atomic mass is 9.72. The van der Waals surface area contributed by atoms with Gasteiger partial charge in [0, 0.05) is 17.6 Å². The van der Waals surface area contributed by atoms with E-state index in [1.807, 2.05) is 0 Å². The maximum Gasteiger partial charge on any atom is 0.125 e. The average Bonchev–Trinajstić information content (AvgIpc) is 2.41. The summed E-state index contributed by atoms with van der Waals surface area (Å²) in [6.45, 7) is 0. The van der Waals surface area contributed by atoms with Crippen LogP contribution in [0.2, 0.25) is 0 Å². The van der Waals surface area contributed by atoms with E-state index in [9.17, 15) is 9.50 Å². The molecule has 0 saturated carbocycles. The van der Waals surface area contributed by atoms with E-state index in [2.05, 4.69) is 11.9 Å². The van der Waals surface area contributed by atoms with Crippen LogP contribution in [0.25, 0.3) is 0 Å². The first-order chi connectivity index (χ1) is 9.53. The third kappa shape index (κ3) is 2.21. The van der Waals surface area contributed by atoms with Gasteiger partial charge in [0.15, 0.2) is 0 Å². The Bertz CT molecular complexity index is 491. The van der Waals surface area contributed by atoms with E-state index in [4.69, 9.17) is 4.74 Å². The summed E-state index contributed by atoms with van der Waals surface area (Å²) < 4.78 is 18.9. The Kier molecular flexibility index (Phi) is 3.46. The fourth-order valence-electron chi connectivity index (χ4n) is 3.91. The van der Waals surface area contributed by atoms with E-state index in [1.165, 1.54) is 18.6 Å². The van der Waals surface area contributed by atoms with Gasteiger partial charge in [-0.2, -0.15) is 0 Å². The number of halogens is 1. The Balaban J connectivity index is 1.98. The first-order valence-electron chi connectivity index (χ1n) is 7.32. The first-order valence-corrected chi connectivity index (χ1v) is 7.32. The van der Waals surface area contributed by atoms with Crippen LogP contribution in [-0.4, -0.2) is 36.2 Å². The maximum absolute atomic E-state index is 13.6. The smallest absolute Gasteiger partial charge is 0.125 e. The third-order valence-corrected chi connectivity index (χ3v) is 5.04. The fourth-order valence-corrected chi connectivity index (χ4v) is 3.91. The predicted molar refractivity (Wildman–Crippen MR) is 75.3 cm³/mol. The van der Waals surface area contributed by atoms with Crippen molar-refractivity contribution in [3.8, 4) is 5.75 Å². The number of hydrogen-bond donors (Lipinski definition) is 1. The molecule has 110 valence electrons. The van der Waals surface area contributed by atoms with Crippen molar-refractivity contribution in [1.29, 1.82) is 0 Å². The second-order valence-electron chi connectivity index (χ2n) is 6.19. The molecule has 2 heterocycles. The van der Waals surface area contributed by atoms with Crippen LogP contribution in [0.4, 0.5) is 4.39 Å². The van der Waals surface area contributed by atoms with Crippen molar-refractivity contribution in [2.45, 2.75) is 49.8 Å². The van der Waals surface area contributed by atoms with Crippen LogP contribution >= 0.6 is 0 Å². The molecule has 2 fully saturated rings. The predicted octanol–water partition coefficient (Wildman–Crippen LogP) is 2.67. The molecule has 0 spiro atoms. The number of hydrogen-bond acceptors (Lipinski definition) is 3. The second kappa shape index (κ2) is 5.01. The lowest BCUT2D eigenvalue weighted by Gasteiger charge is -2.51. The molecule has 2 aliphatic heterocycles.